The maximum Gasteiger partial charge on any atom is 0.252 e. The molecule has 1 aromatic carbocycles. The van der Waals surface area contributed by atoms with E-state index in [2.05, 4.69) is 5.48 Å². The smallest absolute Gasteiger partial charge is 0.252 e. The molecule has 0 saturated heterocycles. The normalized spacial score (nSPS) is 12.5. The Morgan fingerprint density at radius 2 is 2.00 bits per heavy atom. The SMILES string of the molecule is CC(C)CONC(=O)C(CN)c1ccccc1. The average molecular weight is 236 g/mol. The van der Waals surface area contributed by atoms with E-state index >= 15 is 0 Å². The molecular weight excluding hydrogens is 216 g/mol. The second-order valence-corrected chi connectivity index (χ2v) is 4.37. The van der Waals surface area contributed by atoms with E-state index in [0.29, 0.717) is 12.5 Å². The van der Waals surface area contributed by atoms with E-state index < -0.39 is 0 Å². The molecule has 0 heterocycles. The van der Waals surface area contributed by atoms with E-state index in [-0.39, 0.29) is 18.4 Å². The van der Waals surface area contributed by atoms with E-state index in [4.69, 9.17) is 10.6 Å². The minimum atomic E-state index is -0.358. The van der Waals surface area contributed by atoms with Crippen LogP contribution in [0.25, 0.3) is 0 Å². The van der Waals surface area contributed by atoms with Crippen LogP contribution in [-0.4, -0.2) is 19.1 Å². The summed E-state index contributed by atoms with van der Waals surface area (Å²) in [5.74, 6) is -0.175. The fraction of sp³-hybridized carbons (Fsp3) is 0.462. The van der Waals surface area contributed by atoms with Crippen LogP contribution in [0.1, 0.15) is 25.3 Å². The highest BCUT2D eigenvalue weighted by atomic mass is 16.6. The van der Waals surface area contributed by atoms with Gasteiger partial charge < -0.3 is 5.73 Å². The lowest BCUT2D eigenvalue weighted by Gasteiger charge is -2.15. The molecule has 1 unspecified atom stereocenters. The number of nitrogens with one attached hydrogen (secondary N) is 1. The zero-order chi connectivity index (χ0) is 12.7. The molecule has 0 spiro atoms. The van der Waals surface area contributed by atoms with Gasteiger partial charge in [-0.05, 0) is 11.5 Å². The number of hydroxylamine groups is 1. The molecule has 0 bridgehead atoms. The molecule has 1 rings (SSSR count). The Kier molecular flexibility index (Phi) is 5.66. The van der Waals surface area contributed by atoms with Gasteiger partial charge in [-0.25, -0.2) is 5.48 Å². The largest absolute Gasteiger partial charge is 0.329 e. The minimum Gasteiger partial charge on any atom is -0.329 e. The molecule has 0 fully saturated rings. The summed E-state index contributed by atoms with van der Waals surface area (Å²) in [4.78, 5) is 16.9. The molecule has 1 atom stereocenters. The lowest BCUT2D eigenvalue weighted by atomic mass is 9.99. The summed E-state index contributed by atoms with van der Waals surface area (Å²) >= 11 is 0. The first-order chi connectivity index (χ1) is 8.15. The summed E-state index contributed by atoms with van der Waals surface area (Å²) in [7, 11) is 0. The Labute approximate surface area is 102 Å². The Hall–Kier alpha value is -1.39. The molecule has 3 N–H and O–H groups in total. The Morgan fingerprint density at radius 3 is 2.53 bits per heavy atom. The highest BCUT2D eigenvalue weighted by Crippen LogP contribution is 2.13. The summed E-state index contributed by atoms with van der Waals surface area (Å²) in [5, 5.41) is 0. The van der Waals surface area contributed by atoms with Crippen molar-refractivity contribution in [2.24, 2.45) is 11.7 Å². The van der Waals surface area contributed by atoms with Gasteiger partial charge in [0.1, 0.15) is 0 Å². The van der Waals surface area contributed by atoms with Gasteiger partial charge in [-0.3, -0.25) is 9.63 Å². The second-order valence-electron chi connectivity index (χ2n) is 4.37. The van der Waals surface area contributed by atoms with Gasteiger partial charge in [-0.2, -0.15) is 0 Å². The van der Waals surface area contributed by atoms with E-state index in [1.165, 1.54) is 0 Å². The molecule has 4 heteroatoms. The van der Waals surface area contributed by atoms with Crippen molar-refractivity contribution >= 4 is 5.91 Å². The monoisotopic (exact) mass is 236 g/mol. The third kappa shape index (κ3) is 4.54. The van der Waals surface area contributed by atoms with Crippen LogP contribution in [-0.2, 0) is 9.63 Å². The van der Waals surface area contributed by atoms with E-state index in [9.17, 15) is 4.79 Å². The van der Waals surface area contributed by atoms with Crippen molar-refractivity contribution in [1.82, 2.24) is 5.48 Å². The van der Waals surface area contributed by atoms with Crippen LogP contribution in [0.4, 0.5) is 0 Å². The van der Waals surface area contributed by atoms with E-state index in [0.717, 1.165) is 5.56 Å². The summed E-state index contributed by atoms with van der Waals surface area (Å²) in [6.07, 6.45) is 0. The average Bonchev–Trinajstić information content (AvgIpc) is 2.31. The third-order valence-corrected chi connectivity index (χ3v) is 2.34. The van der Waals surface area contributed by atoms with Crippen molar-refractivity contribution in [2.45, 2.75) is 19.8 Å². The number of carbonyl (C=O) groups is 1. The summed E-state index contributed by atoms with van der Waals surface area (Å²) < 4.78 is 0. The lowest BCUT2D eigenvalue weighted by molar-refractivity contribution is -0.135. The zero-order valence-corrected chi connectivity index (χ0v) is 10.3. The van der Waals surface area contributed by atoms with Crippen LogP contribution in [0, 0.1) is 5.92 Å². The van der Waals surface area contributed by atoms with Crippen molar-refractivity contribution in [3.63, 3.8) is 0 Å². The predicted molar refractivity (Wildman–Crippen MR) is 67.2 cm³/mol. The quantitative estimate of drug-likeness (QED) is 0.734. The van der Waals surface area contributed by atoms with E-state index in [1.807, 2.05) is 44.2 Å². The Bertz CT molecular complexity index is 339. The van der Waals surface area contributed by atoms with Crippen LogP contribution in [0.15, 0.2) is 30.3 Å². The first-order valence-corrected chi connectivity index (χ1v) is 5.81. The molecule has 0 aromatic heterocycles. The molecule has 0 radical (unpaired) electrons. The molecule has 94 valence electrons. The zero-order valence-electron chi connectivity index (χ0n) is 10.3. The van der Waals surface area contributed by atoms with Crippen LogP contribution >= 0.6 is 0 Å². The summed E-state index contributed by atoms with van der Waals surface area (Å²) in [5.41, 5.74) is 8.97. The Balaban J connectivity index is 2.53. The first-order valence-electron chi connectivity index (χ1n) is 5.81. The number of nitrogens with two attached hydrogens (primary N) is 1. The van der Waals surface area contributed by atoms with Crippen LogP contribution in [0.2, 0.25) is 0 Å². The fourth-order valence-corrected chi connectivity index (χ4v) is 1.43. The number of hydrogen-bond donors (Lipinski definition) is 2. The molecule has 1 aromatic rings. The molecule has 4 nitrogen and oxygen atoms in total. The number of carbonyl (C=O) groups excluding carboxylic acids is 1. The first kappa shape index (κ1) is 13.7. The van der Waals surface area contributed by atoms with Gasteiger partial charge in [0.15, 0.2) is 0 Å². The highest BCUT2D eigenvalue weighted by molar-refractivity contribution is 5.82. The number of hydrogen-bond acceptors (Lipinski definition) is 3. The Morgan fingerprint density at radius 1 is 1.35 bits per heavy atom. The molecule has 17 heavy (non-hydrogen) atoms. The van der Waals surface area contributed by atoms with Crippen molar-refractivity contribution in [3.05, 3.63) is 35.9 Å². The third-order valence-electron chi connectivity index (χ3n) is 2.34. The van der Waals surface area contributed by atoms with Gasteiger partial charge >= 0.3 is 0 Å². The van der Waals surface area contributed by atoms with Crippen LogP contribution in [0.3, 0.4) is 0 Å². The van der Waals surface area contributed by atoms with Crippen molar-refractivity contribution in [1.29, 1.82) is 0 Å². The number of rotatable bonds is 6. The minimum absolute atomic E-state index is 0.195. The van der Waals surface area contributed by atoms with Crippen LogP contribution < -0.4 is 11.2 Å². The summed E-state index contributed by atoms with van der Waals surface area (Å²) in [6.45, 7) is 4.80. The standard InChI is InChI=1S/C13H20N2O2/c1-10(2)9-17-15-13(16)12(8-14)11-6-4-3-5-7-11/h3-7,10,12H,8-9,14H2,1-2H3,(H,15,16). The predicted octanol–water partition coefficient (Wildman–Crippen LogP) is 1.43. The highest BCUT2D eigenvalue weighted by Gasteiger charge is 2.18. The molecule has 0 saturated carbocycles. The van der Waals surface area contributed by atoms with Gasteiger partial charge in [0.05, 0.1) is 12.5 Å². The van der Waals surface area contributed by atoms with Crippen molar-refractivity contribution in [3.8, 4) is 0 Å². The van der Waals surface area contributed by atoms with Crippen molar-refractivity contribution < 1.29 is 9.63 Å². The maximum absolute atomic E-state index is 11.8. The molecule has 0 aliphatic rings. The molecule has 1 amide bonds. The molecule has 0 aliphatic heterocycles. The summed E-state index contributed by atoms with van der Waals surface area (Å²) in [6, 6.07) is 9.46. The number of benzene rings is 1. The van der Waals surface area contributed by atoms with Crippen LogP contribution in [0.5, 0.6) is 0 Å². The van der Waals surface area contributed by atoms with Crippen molar-refractivity contribution in [2.75, 3.05) is 13.2 Å². The van der Waals surface area contributed by atoms with E-state index in [1.54, 1.807) is 0 Å². The molecular formula is C13H20N2O2. The van der Waals surface area contributed by atoms with Gasteiger partial charge in [0.25, 0.3) is 5.91 Å². The van der Waals surface area contributed by atoms with Gasteiger partial charge in [0, 0.05) is 6.54 Å². The van der Waals surface area contributed by atoms with Gasteiger partial charge in [-0.15, -0.1) is 0 Å². The fourth-order valence-electron chi connectivity index (χ4n) is 1.43. The topological polar surface area (TPSA) is 64.3 Å². The second kappa shape index (κ2) is 7.04. The maximum atomic E-state index is 11.8. The van der Waals surface area contributed by atoms with Gasteiger partial charge in [-0.1, -0.05) is 44.2 Å². The molecule has 0 aliphatic carbocycles. The van der Waals surface area contributed by atoms with Gasteiger partial charge in [0.2, 0.25) is 0 Å². The number of amides is 1. The lowest BCUT2D eigenvalue weighted by Crippen LogP contribution is -2.34.